The smallest absolute Gasteiger partial charge is 0.219 e. The van der Waals surface area contributed by atoms with Gasteiger partial charge in [-0.1, -0.05) is 0 Å². The molecule has 4 heteroatoms. The molecule has 1 fully saturated rings. The van der Waals surface area contributed by atoms with Crippen LogP contribution in [0, 0.1) is 5.92 Å². The molecule has 1 amide bonds. The zero-order valence-corrected chi connectivity index (χ0v) is 11.2. The minimum atomic E-state index is 0.159. The van der Waals surface area contributed by atoms with E-state index in [1.165, 1.54) is 5.69 Å². The molecule has 0 spiro atoms. The summed E-state index contributed by atoms with van der Waals surface area (Å²) < 4.78 is 0. The Bertz CT molecular complexity index is 385. The van der Waals surface area contributed by atoms with E-state index in [4.69, 9.17) is 0 Å². The molecule has 4 nitrogen and oxygen atoms in total. The summed E-state index contributed by atoms with van der Waals surface area (Å²) in [6.45, 7) is 4.66. The van der Waals surface area contributed by atoms with Gasteiger partial charge < -0.3 is 9.80 Å². The molecule has 0 bridgehead atoms. The number of hydrogen-bond donors (Lipinski definition) is 0. The normalized spacial score (nSPS) is 16.7. The van der Waals surface area contributed by atoms with Gasteiger partial charge in [0.25, 0.3) is 0 Å². The molecular formula is C14H21N3O. The van der Waals surface area contributed by atoms with Crippen LogP contribution < -0.4 is 4.90 Å². The highest BCUT2D eigenvalue weighted by Crippen LogP contribution is 2.23. The van der Waals surface area contributed by atoms with Gasteiger partial charge in [-0.2, -0.15) is 0 Å². The topological polar surface area (TPSA) is 36.4 Å². The molecule has 18 heavy (non-hydrogen) atoms. The van der Waals surface area contributed by atoms with Gasteiger partial charge >= 0.3 is 0 Å². The Morgan fingerprint density at radius 1 is 1.39 bits per heavy atom. The summed E-state index contributed by atoms with van der Waals surface area (Å²) in [4.78, 5) is 19.5. The van der Waals surface area contributed by atoms with Gasteiger partial charge in [0.15, 0.2) is 0 Å². The van der Waals surface area contributed by atoms with E-state index in [1.807, 2.05) is 24.3 Å². The largest absolute Gasteiger partial charge is 0.371 e. The van der Waals surface area contributed by atoms with E-state index in [0.29, 0.717) is 5.92 Å². The Balaban J connectivity index is 1.83. The van der Waals surface area contributed by atoms with Crippen LogP contribution >= 0.6 is 0 Å². The first-order chi connectivity index (χ1) is 8.66. The Morgan fingerprint density at radius 2 is 2.00 bits per heavy atom. The van der Waals surface area contributed by atoms with Crippen molar-refractivity contribution in [2.75, 3.05) is 31.6 Å². The molecule has 98 valence electrons. The first-order valence-electron chi connectivity index (χ1n) is 6.53. The maximum atomic E-state index is 11.2. The molecule has 2 rings (SSSR count). The van der Waals surface area contributed by atoms with Crippen molar-refractivity contribution in [1.82, 2.24) is 9.88 Å². The fourth-order valence-electron chi connectivity index (χ4n) is 2.44. The summed E-state index contributed by atoms with van der Waals surface area (Å²) in [5, 5.41) is 0. The molecule has 1 aliphatic heterocycles. The van der Waals surface area contributed by atoms with Crippen LogP contribution in [0.4, 0.5) is 5.69 Å². The second kappa shape index (κ2) is 5.85. The molecule has 0 aromatic carbocycles. The fourth-order valence-corrected chi connectivity index (χ4v) is 2.44. The zero-order valence-electron chi connectivity index (χ0n) is 11.2. The SMILES string of the molecule is CC(=O)N(C)CC1CCN(c2ccncc2)CC1. The highest BCUT2D eigenvalue weighted by Gasteiger charge is 2.21. The summed E-state index contributed by atoms with van der Waals surface area (Å²) in [5.41, 5.74) is 1.25. The van der Waals surface area contributed by atoms with Crippen molar-refractivity contribution in [1.29, 1.82) is 0 Å². The van der Waals surface area contributed by atoms with Gasteiger partial charge in [-0.05, 0) is 30.9 Å². The predicted octanol–water partition coefficient (Wildman–Crippen LogP) is 1.78. The molecule has 0 aliphatic carbocycles. The van der Waals surface area contributed by atoms with E-state index in [9.17, 15) is 4.79 Å². The number of carbonyl (C=O) groups excluding carboxylic acids is 1. The number of piperidine rings is 1. The monoisotopic (exact) mass is 247 g/mol. The Morgan fingerprint density at radius 3 is 2.56 bits per heavy atom. The molecule has 0 unspecified atom stereocenters. The summed E-state index contributed by atoms with van der Waals surface area (Å²) in [6, 6.07) is 4.12. The second-order valence-corrected chi connectivity index (χ2v) is 5.04. The summed E-state index contributed by atoms with van der Waals surface area (Å²) in [5.74, 6) is 0.795. The molecule has 0 atom stereocenters. The average molecular weight is 247 g/mol. The summed E-state index contributed by atoms with van der Waals surface area (Å²) in [6.07, 6.45) is 5.98. The number of amides is 1. The Kier molecular flexibility index (Phi) is 4.18. The van der Waals surface area contributed by atoms with Gasteiger partial charge in [-0.25, -0.2) is 0 Å². The van der Waals surface area contributed by atoms with Crippen LogP contribution in [-0.2, 0) is 4.79 Å². The van der Waals surface area contributed by atoms with Crippen molar-refractivity contribution in [2.45, 2.75) is 19.8 Å². The minimum Gasteiger partial charge on any atom is -0.371 e. The number of nitrogens with zero attached hydrogens (tertiary/aromatic N) is 3. The fraction of sp³-hybridized carbons (Fsp3) is 0.571. The Hall–Kier alpha value is -1.58. The predicted molar refractivity (Wildman–Crippen MR) is 72.5 cm³/mol. The van der Waals surface area contributed by atoms with Crippen LogP contribution in [0.25, 0.3) is 0 Å². The highest BCUT2D eigenvalue weighted by molar-refractivity contribution is 5.72. The van der Waals surface area contributed by atoms with Crippen molar-refractivity contribution < 1.29 is 4.79 Å². The minimum absolute atomic E-state index is 0.159. The van der Waals surface area contributed by atoms with Gasteiger partial charge in [-0.3, -0.25) is 9.78 Å². The molecule has 1 aromatic rings. The van der Waals surface area contributed by atoms with Crippen molar-refractivity contribution in [3.63, 3.8) is 0 Å². The molecule has 1 aliphatic rings. The van der Waals surface area contributed by atoms with Gasteiger partial charge in [0, 0.05) is 51.7 Å². The average Bonchev–Trinajstić information content (AvgIpc) is 2.40. The lowest BCUT2D eigenvalue weighted by atomic mass is 9.96. The lowest BCUT2D eigenvalue weighted by Crippen LogP contribution is -2.38. The lowest BCUT2D eigenvalue weighted by Gasteiger charge is -2.35. The van der Waals surface area contributed by atoms with Crippen LogP contribution in [0.3, 0.4) is 0 Å². The number of carbonyl (C=O) groups is 1. The molecule has 0 N–H and O–H groups in total. The van der Waals surface area contributed by atoms with Crippen LogP contribution in [0.2, 0.25) is 0 Å². The molecule has 1 aromatic heterocycles. The number of hydrogen-bond acceptors (Lipinski definition) is 3. The van der Waals surface area contributed by atoms with Gasteiger partial charge in [0.2, 0.25) is 5.91 Å². The maximum Gasteiger partial charge on any atom is 0.219 e. The van der Waals surface area contributed by atoms with Crippen molar-refractivity contribution in [3.8, 4) is 0 Å². The van der Waals surface area contributed by atoms with Gasteiger partial charge in [0.05, 0.1) is 0 Å². The van der Waals surface area contributed by atoms with Gasteiger partial charge in [-0.15, -0.1) is 0 Å². The highest BCUT2D eigenvalue weighted by atomic mass is 16.2. The van der Waals surface area contributed by atoms with Crippen molar-refractivity contribution in [2.24, 2.45) is 5.92 Å². The molecule has 0 saturated carbocycles. The number of pyridine rings is 1. The van der Waals surface area contributed by atoms with Crippen LogP contribution in [0.1, 0.15) is 19.8 Å². The van der Waals surface area contributed by atoms with Crippen LogP contribution in [0.15, 0.2) is 24.5 Å². The van der Waals surface area contributed by atoms with Crippen LogP contribution in [0.5, 0.6) is 0 Å². The number of aromatic nitrogens is 1. The Labute approximate surface area is 109 Å². The maximum absolute atomic E-state index is 11.2. The van der Waals surface area contributed by atoms with Crippen molar-refractivity contribution >= 4 is 11.6 Å². The summed E-state index contributed by atoms with van der Waals surface area (Å²) in [7, 11) is 1.89. The first kappa shape index (κ1) is 12.9. The van der Waals surface area contributed by atoms with E-state index in [2.05, 4.69) is 22.0 Å². The molecule has 0 radical (unpaired) electrons. The van der Waals surface area contributed by atoms with Gasteiger partial charge in [0.1, 0.15) is 0 Å². The second-order valence-electron chi connectivity index (χ2n) is 5.04. The molecule has 2 heterocycles. The van der Waals surface area contributed by atoms with E-state index >= 15 is 0 Å². The first-order valence-corrected chi connectivity index (χ1v) is 6.53. The zero-order chi connectivity index (χ0) is 13.0. The standard InChI is InChI=1S/C14H21N3O/c1-12(18)16(2)11-13-5-9-17(10-6-13)14-3-7-15-8-4-14/h3-4,7-8,13H,5-6,9-11H2,1-2H3. The number of rotatable bonds is 3. The van der Waals surface area contributed by atoms with E-state index in [0.717, 1.165) is 32.5 Å². The lowest BCUT2D eigenvalue weighted by molar-refractivity contribution is -0.128. The third-order valence-electron chi connectivity index (χ3n) is 3.71. The molecular weight excluding hydrogens is 226 g/mol. The third-order valence-corrected chi connectivity index (χ3v) is 3.71. The van der Waals surface area contributed by atoms with E-state index < -0.39 is 0 Å². The molecule has 1 saturated heterocycles. The van der Waals surface area contributed by atoms with E-state index in [-0.39, 0.29) is 5.91 Å². The quantitative estimate of drug-likeness (QED) is 0.817. The van der Waals surface area contributed by atoms with Crippen molar-refractivity contribution in [3.05, 3.63) is 24.5 Å². The van der Waals surface area contributed by atoms with Crippen LogP contribution in [-0.4, -0.2) is 42.5 Å². The number of anilines is 1. The third kappa shape index (κ3) is 3.22. The van der Waals surface area contributed by atoms with E-state index in [1.54, 1.807) is 6.92 Å². The summed E-state index contributed by atoms with van der Waals surface area (Å²) >= 11 is 0.